The number of nitro benzene ring substituents is 1. The molecule has 98 valence electrons. The third-order valence-electron chi connectivity index (χ3n) is 2.86. The fourth-order valence-electron chi connectivity index (χ4n) is 1.84. The standard InChI is InChI=1S/C11H14FN3O3/c1-13(14-6-7-18-8-11(14)12)9-2-4-10(5-3-9)15(16)17/h2-5,11H,6-8H2,1H3. The van der Waals surface area contributed by atoms with Gasteiger partial charge in [0.25, 0.3) is 5.69 Å². The molecular weight excluding hydrogens is 241 g/mol. The Bertz CT molecular complexity index is 426. The number of nitro groups is 1. The third-order valence-corrected chi connectivity index (χ3v) is 2.86. The number of halogens is 1. The molecule has 1 aliphatic heterocycles. The summed E-state index contributed by atoms with van der Waals surface area (Å²) in [5.41, 5.74) is 0.719. The molecule has 1 fully saturated rings. The van der Waals surface area contributed by atoms with Gasteiger partial charge in [-0.2, -0.15) is 5.01 Å². The molecular formula is C11H14FN3O3. The van der Waals surface area contributed by atoms with Gasteiger partial charge in [0.2, 0.25) is 0 Å². The molecule has 18 heavy (non-hydrogen) atoms. The van der Waals surface area contributed by atoms with E-state index < -0.39 is 11.2 Å². The lowest BCUT2D eigenvalue weighted by atomic mass is 10.3. The maximum atomic E-state index is 13.6. The molecule has 2 rings (SSSR count). The number of benzene rings is 1. The Labute approximate surface area is 104 Å². The SMILES string of the molecule is CN(c1ccc([N+](=O)[O-])cc1)N1CCOCC1F. The predicted molar refractivity (Wildman–Crippen MR) is 63.9 cm³/mol. The minimum Gasteiger partial charge on any atom is -0.376 e. The van der Waals surface area contributed by atoms with E-state index in [-0.39, 0.29) is 12.3 Å². The number of hydrogen-bond donors (Lipinski definition) is 0. The number of rotatable bonds is 3. The van der Waals surface area contributed by atoms with E-state index in [0.29, 0.717) is 18.8 Å². The lowest BCUT2D eigenvalue weighted by molar-refractivity contribution is -0.384. The number of morpholine rings is 1. The van der Waals surface area contributed by atoms with Crippen molar-refractivity contribution in [3.8, 4) is 0 Å². The molecule has 1 aromatic rings. The number of hydrogen-bond acceptors (Lipinski definition) is 5. The van der Waals surface area contributed by atoms with Crippen molar-refractivity contribution in [3.63, 3.8) is 0 Å². The molecule has 0 N–H and O–H groups in total. The highest BCUT2D eigenvalue weighted by molar-refractivity contribution is 5.49. The van der Waals surface area contributed by atoms with Crippen molar-refractivity contribution < 1.29 is 14.1 Å². The Morgan fingerprint density at radius 3 is 2.72 bits per heavy atom. The van der Waals surface area contributed by atoms with Gasteiger partial charge in [0.15, 0.2) is 6.30 Å². The van der Waals surface area contributed by atoms with Gasteiger partial charge in [-0.15, -0.1) is 0 Å². The Kier molecular flexibility index (Phi) is 3.73. The van der Waals surface area contributed by atoms with E-state index in [1.165, 1.54) is 17.1 Å². The van der Waals surface area contributed by atoms with Gasteiger partial charge in [0.05, 0.1) is 23.8 Å². The van der Waals surface area contributed by atoms with Gasteiger partial charge in [0.1, 0.15) is 0 Å². The molecule has 1 heterocycles. The third kappa shape index (κ3) is 2.57. The van der Waals surface area contributed by atoms with Gasteiger partial charge >= 0.3 is 0 Å². The van der Waals surface area contributed by atoms with E-state index >= 15 is 0 Å². The zero-order valence-electron chi connectivity index (χ0n) is 9.95. The first kappa shape index (κ1) is 12.7. The maximum absolute atomic E-state index is 13.6. The second-order valence-corrected chi connectivity index (χ2v) is 3.97. The first-order valence-corrected chi connectivity index (χ1v) is 5.56. The molecule has 0 aliphatic carbocycles. The van der Waals surface area contributed by atoms with Crippen LogP contribution >= 0.6 is 0 Å². The van der Waals surface area contributed by atoms with Crippen LogP contribution in [0, 0.1) is 10.1 Å². The predicted octanol–water partition coefficient (Wildman–Crippen LogP) is 1.57. The Balaban J connectivity index is 2.12. The molecule has 0 bridgehead atoms. The molecule has 1 aliphatic rings. The van der Waals surface area contributed by atoms with E-state index in [1.54, 1.807) is 24.2 Å². The van der Waals surface area contributed by atoms with Crippen molar-refractivity contribution in [1.29, 1.82) is 0 Å². The highest BCUT2D eigenvalue weighted by atomic mass is 19.1. The monoisotopic (exact) mass is 255 g/mol. The highest BCUT2D eigenvalue weighted by Gasteiger charge is 2.26. The van der Waals surface area contributed by atoms with E-state index in [0.717, 1.165) is 0 Å². The molecule has 0 amide bonds. The summed E-state index contributed by atoms with van der Waals surface area (Å²) < 4.78 is 18.7. The topological polar surface area (TPSA) is 58.8 Å². The largest absolute Gasteiger partial charge is 0.376 e. The molecule has 1 atom stereocenters. The highest BCUT2D eigenvalue weighted by Crippen LogP contribution is 2.22. The molecule has 0 aromatic heterocycles. The molecule has 0 radical (unpaired) electrons. The van der Waals surface area contributed by atoms with Gasteiger partial charge in [-0.3, -0.25) is 10.1 Å². The summed E-state index contributed by atoms with van der Waals surface area (Å²) in [6.45, 7) is 0.962. The molecule has 1 saturated heterocycles. The van der Waals surface area contributed by atoms with Crippen molar-refractivity contribution in [3.05, 3.63) is 34.4 Å². The van der Waals surface area contributed by atoms with Crippen LogP contribution in [0.3, 0.4) is 0 Å². The first-order valence-electron chi connectivity index (χ1n) is 5.56. The zero-order chi connectivity index (χ0) is 13.1. The molecule has 6 nitrogen and oxygen atoms in total. The number of ether oxygens (including phenoxy) is 1. The van der Waals surface area contributed by atoms with Crippen LogP contribution < -0.4 is 5.01 Å². The number of nitrogens with zero attached hydrogens (tertiary/aromatic N) is 3. The summed E-state index contributed by atoms with van der Waals surface area (Å²) in [6.07, 6.45) is -1.20. The van der Waals surface area contributed by atoms with Gasteiger partial charge in [-0.05, 0) is 12.1 Å². The molecule has 0 saturated carbocycles. The number of alkyl halides is 1. The van der Waals surface area contributed by atoms with Crippen LogP contribution in [0.2, 0.25) is 0 Å². The van der Waals surface area contributed by atoms with Crippen LogP contribution in [-0.2, 0) is 4.74 Å². The fraction of sp³-hybridized carbons (Fsp3) is 0.455. The lowest BCUT2D eigenvalue weighted by Gasteiger charge is -2.38. The van der Waals surface area contributed by atoms with Gasteiger partial charge in [-0.1, -0.05) is 0 Å². The van der Waals surface area contributed by atoms with E-state index in [4.69, 9.17) is 4.74 Å². The second kappa shape index (κ2) is 5.28. The summed E-state index contributed by atoms with van der Waals surface area (Å²) in [7, 11) is 1.72. The summed E-state index contributed by atoms with van der Waals surface area (Å²) >= 11 is 0. The van der Waals surface area contributed by atoms with Crippen LogP contribution in [0.15, 0.2) is 24.3 Å². The van der Waals surface area contributed by atoms with Gasteiger partial charge in [0, 0.05) is 25.7 Å². The summed E-state index contributed by atoms with van der Waals surface area (Å²) in [5.74, 6) is 0. The van der Waals surface area contributed by atoms with Crippen LogP contribution in [0.4, 0.5) is 15.8 Å². The maximum Gasteiger partial charge on any atom is 0.269 e. The minimum atomic E-state index is -1.20. The average molecular weight is 255 g/mol. The molecule has 1 unspecified atom stereocenters. The summed E-state index contributed by atoms with van der Waals surface area (Å²) in [4.78, 5) is 10.1. The number of anilines is 1. The Morgan fingerprint density at radius 2 is 2.17 bits per heavy atom. The lowest BCUT2D eigenvalue weighted by Crippen LogP contribution is -2.51. The Hall–Kier alpha value is -1.73. The van der Waals surface area contributed by atoms with E-state index in [2.05, 4.69) is 0 Å². The zero-order valence-corrected chi connectivity index (χ0v) is 9.95. The minimum absolute atomic E-state index is 0.0194. The summed E-state index contributed by atoms with van der Waals surface area (Å²) in [5, 5.41) is 13.7. The second-order valence-electron chi connectivity index (χ2n) is 3.97. The smallest absolute Gasteiger partial charge is 0.269 e. The van der Waals surface area contributed by atoms with Crippen LogP contribution in [0.1, 0.15) is 0 Å². The van der Waals surface area contributed by atoms with Gasteiger partial charge < -0.3 is 9.75 Å². The summed E-state index contributed by atoms with van der Waals surface area (Å²) in [6, 6.07) is 6.00. The molecule has 7 heteroatoms. The Morgan fingerprint density at radius 1 is 1.50 bits per heavy atom. The van der Waals surface area contributed by atoms with Gasteiger partial charge in [-0.25, -0.2) is 4.39 Å². The van der Waals surface area contributed by atoms with Crippen LogP contribution in [0.5, 0.6) is 0 Å². The van der Waals surface area contributed by atoms with Crippen LogP contribution in [-0.4, -0.2) is 43.0 Å². The average Bonchev–Trinajstić information content (AvgIpc) is 2.38. The van der Waals surface area contributed by atoms with E-state index in [9.17, 15) is 14.5 Å². The van der Waals surface area contributed by atoms with Crippen molar-refractivity contribution in [2.24, 2.45) is 0 Å². The van der Waals surface area contributed by atoms with E-state index in [1.807, 2.05) is 0 Å². The molecule has 1 aromatic carbocycles. The number of hydrazine groups is 1. The van der Waals surface area contributed by atoms with Crippen molar-refractivity contribution in [1.82, 2.24) is 5.01 Å². The van der Waals surface area contributed by atoms with Crippen molar-refractivity contribution in [2.75, 3.05) is 31.8 Å². The normalized spacial score (nSPS) is 20.7. The molecule has 0 spiro atoms. The fourth-order valence-corrected chi connectivity index (χ4v) is 1.84. The first-order chi connectivity index (χ1) is 8.59. The van der Waals surface area contributed by atoms with Crippen molar-refractivity contribution in [2.45, 2.75) is 6.30 Å². The number of non-ortho nitro benzene ring substituents is 1. The van der Waals surface area contributed by atoms with Crippen molar-refractivity contribution >= 4 is 11.4 Å². The van der Waals surface area contributed by atoms with Crippen LogP contribution in [0.25, 0.3) is 0 Å². The quantitative estimate of drug-likeness (QED) is 0.466.